The van der Waals surface area contributed by atoms with Gasteiger partial charge in [-0.25, -0.2) is 0 Å². The lowest BCUT2D eigenvalue weighted by Crippen LogP contribution is -2.16. The maximum absolute atomic E-state index is 11.6. The summed E-state index contributed by atoms with van der Waals surface area (Å²) >= 11 is 0. The fourth-order valence-corrected chi connectivity index (χ4v) is 1.74. The highest BCUT2D eigenvalue weighted by molar-refractivity contribution is 5.73. The largest absolute Gasteiger partial charge is 0.466 e. The molecule has 6 heteroatoms. The van der Waals surface area contributed by atoms with Crippen molar-refractivity contribution in [1.29, 1.82) is 0 Å². The third-order valence-corrected chi connectivity index (χ3v) is 2.83. The minimum absolute atomic E-state index is 0.0845. The Labute approximate surface area is 133 Å². The van der Waals surface area contributed by atoms with Crippen LogP contribution in [0.5, 0.6) is 0 Å². The first kappa shape index (κ1) is 20.9. The van der Waals surface area contributed by atoms with Gasteiger partial charge in [0.1, 0.15) is 0 Å². The normalized spacial score (nSPS) is 10.7. The number of esters is 2. The number of carbonyl (C=O) groups is 2. The predicted molar refractivity (Wildman–Crippen MR) is 82.5 cm³/mol. The summed E-state index contributed by atoms with van der Waals surface area (Å²) < 4.78 is 20.5. The summed E-state index contributed by atoms with van der Waals surface area (Å²) in [6, 6.07) is 0. The van der Waals surface area contributed by atoms with Crippen LogP contribution in [0.1, 0.15) is 46.5 Å². The molecule has 0 N–H and O–H groups in total. The topological polar surface area (TPSA) is 71.1 Å². The minimum atomic E-state index is -0.284. The maximum Gasteiger partial charge on any atom is 0.306 e. The number of hydrogen-bond donors (Lipinski definition) is 0. The van der Waals surface area contributed by atoms with E-state index >= 15 is 0 Å². The third kappa shape index (κ3) is 13.8. The van der Waals surface area contributed by atoms with E-state index < -0.39 is 0 Å². The van der Waals surface area contributed by atoms with E-state index in [-0.39, 0.29) is 30.7 Å². The molecule has 6 nitrogen and oxygen atoms in total. The zero-order valence-corrected chi connectivity index (χ0v) is 14.1. The van der Waals surface area contributed by atoms with Crippen LogP contribution < -0.4 is 0 Å². The van der Waals surface area contributed by atoms with Gasteiger partial charge in [-0.15, -0.1) is 0 Å². The lowest BCUT2D eigenvalue weighted by molar-refractivity contribution is -0.147. The van der Waals surface area contributed by atoms with Gasteiger partial charge in [-0.2, -0.15) is 0 Å². The fraction of sp³-hybridized carbons (Fsp3) is 0.875. The van der Waals surface area contributed by atoms with Gasteiger partial charge in [-0.1, -0.05) is 6.92 Å². The van der Waals surface area contributed by atoms with E-state index in [9.17, 15) is 9.59 Å². The monoisotopic (exact) mass is 318 g/mol. The summed E-state index contributed by atoms with van der Waals surface area (Å²) in [6.07, 6.45) is 1.83. The van der Waals surface area contributed by atoms with Gasteiger partial charge >= 0.3 is 11.9 Å². The van der Waals surface area contributed by atoms with Crippen LogP contribution in [-0.2, 0) is 28.5 Å². The second-order valence-electron chi connectivity index (χ2n) is 5.06. The average Bonchev–Trinajstić information content (AvgIpc) is 2.46. The smallest absolute Gasteiger partial charge is 0.306 e. The van der Waals surface area contributed by atoms with E-state index in [1.54, 1.807) is 0 Å². The summed E-state index contributed by atoms with van der Waals surface area (Å²) in [6.45, 7) is 8.90. The molecule has 0 aromatic heterocycles. The summed E-state index contributed by atoms with van der Waals surface area (Å²) in [5.74, 6) is -0.653. The molecule has 0 atom stereocenters. The number of ether oxygens (including phenoxy) is 4. The first-order valence-electron chi connectivity index (χ1n) is 8.06. The van der Waals surface area contributed by atoms with Gasteiger partial charge in [0.05, 0.1) is 13.2 Å². The lowest BCUT2D eigenvalue weighted by Gasteiger charge is -2.11. The van der Waals surface area contributed by atoms with Crippen molar-refractivity contribution < 1.29 is 28.5 Å². The Morgan fingerprint density at radius 2 is 1.18 bits per heavy atom. The van der Waals surface area contributed by atoms with Crippen molar-refractivity contribution in [1.82, 2.24) is 0 Å². The molecule has 0 aromatic rings. The Morgan fingerprint density at radius 3 is 1.55 bits per heavy atom. The zero-order valence-electron chi connectivity index (χ0n) is 14.1. The second kappa shape index (κ2) is 14.8. The van der Waals surface area contributed by atoms with Crippen LogP contribution in [0.25, 0.3) is 0 Å². The fourth-order valence-electron chi connectivity index (χ4n) is 1.74. The highest BCUT2D eigenvalue weighted by atomic mass is 16.5. The molecule has 0 aliphatic carbocycles. The van der Waals surface area contributed by atoms with Crippen LogP contribution in [0, 0.1) is 5.92 Å². The van der Waals surface area contributed by atoms with Gasteiger partial charge in [-0.05, 0) is 19.8 Å². The molecule has 0 bridgehead atoms. The Balaban J connectivity index is 3.58. The third-order valence-electron chi connectivity index (χ3n) is 2.83. The first-order valence-corrected chi connectivity index (χ1v) is 8.06. The van der Waals surface area contributed by atoms with E-state index in [0.29, 0.717) is 52.5 Å². The molecule has 0 rings (SSSR count). The van der Waals surface area contributed by atoms with Gasteiger partial charge in [-0.3, -0.25) is 9.59 Å². The molecule has 0 aromatic carbocycles. The quantitative estimate of drug-likeness (QED) is 0.362. The zero-order chi connectivity index (χ0) is 16.6. The SMILES string of the molecule is CCOCCCOC(=O)CC(C)CC(=O)OCCCOCC. The van der Waals surface area contributed by atoms with Crippen LogP contribution in [-0.4, -0.2) is 51.6 Å². The minimum Gasteiger partial charge on any atom is -0.466 e. The predicted octanol–water partition coefficient (Wildman–Crippen LogP) is 2.34. The van der Waals surface area contributed by atoms with E-state index in [0.717, 1.165) is 0 Å². The van der Waals surface area contributed by atoms with Crippen LogP contribution in [0.4, 0.5) is 0 Å². The Kier molecular flexibility index (Phi) is 14.0. The lowest BCUT2D eigenvalue weighted by atomic mass is 10.0. The van der Waals surface area contributed by atoms with Gasteiger partial charge in [0.25, 0.3) is 0 Å². The van der Waals surface area contributed by atoms with Crippen LogP contribution in [0.2, 0.25) is 0 Å². The molecule has 0 fully saturated rings. The molecule has 0 spiro atoms. The van der Waals surface area contributed by atoms with E-state index in [1.807, 2.05) is 20.8 Å². The van der Waals surface area contributed by atoms with Crippen molar-refractivity contribution in [2.45, 2.75) is 46.5 Å². The van der Waals surface area contributed by atoms with Crippen molar-refractivity contribution in [3.05, 3.63) is 0 Å². The van der Waals surface area contributed by atoms with E-state index in [2.05, 4.69) is 0 Å². The summed E-state index contributed by atoms with van der Waals surface area (Å²) in [5, 5.41) is 0. The van der Waals surface area contributed by atoms with E-state index in [4.69, 9.17) is 18.9 Å². The highest BCUT2D eigenvalue weighted by Gasteiger charge is 2.15. The summed E-state index contributed by atoms with van der Waals surface area (Å²) in [5.41, 5.74) is 0. The van der Waals surface area contributed by atoms with Crippen molar-refractivity contribution in [3.8, 4) is 0 Å². The number of carbonyl (C=O) groups excluding carboxylic acids is 2. The highest BCUT2D eigenvalue weighted by Crippen LogP contribution is 2.10. The molecular formula is C16H30O6. The van der Waals surface area contributed by atoms with Gasteiger partial charge in [0, 0.05) is 52.1 Å². The molecule has 0 aliphatic rings. The molecule has 0 saturated heterocycles. The van der Waals surface area contributed by atoms with Crippen LogP contribution >= 0.6 is 0 Å². The summed E-state index contributed by atoms with van der Waals surface area (Å²) in [4.78, 5) is 23.1. The Bertz CT molecular complexity index is 264. The molecule has 22 heavy (non-hydrogen) atoms. The molecular weight excluding hydrogens is 288 g/mol. The second-order valence-corrected chi connectivity index (χ2v) is 5.06. The van der Waals surface area contributed by atoms with Gasteiger partial charge in [0.2, 0.25) is 0 Å². The van der Waals surface area contributed by atoms with Crippen LogP contribution in [0.3, 0.4) is 0 Å². The number of hydrogen-bond acceptors (Lipinski definition) is 6. The van der Waals surface area contributed by atoms with Crippen molar-refractivity contribution in [3.63, 3.8) is 0 Å². The Hall–Kier alpha value is -1.14. The van der Waals surface area contributed by atoms with Gasteiger partial charge in [0.15, 0.2) is 0 Å². The summed E-state index contributed by atoms with van der Waals surface area (Å²) in [7, 11) is 0. The molecule has 0 amide bonds. The molecule has 130 valence electrons. The van der Waals surface area contributed by atoms with E-state index in [1.165, 1.54) is 0 Å². The molecule has 0 unspecified atom stereocenters. The average molecular weight is 318 g/mol. The van der Waals surface area contributed by atoms with Crippen molar-refractivity contribution in [2.75, 3.05) is 39.6 Å². The van der Waals surface area contributed by atoms with Gasteiger partial charge < -0.3 is 18.9 Å². The van der Waals surface area contributed by atoms with Crippen molar-refractivity contribution >= 4 is 11.9 Å². The Morgan fingerprint density at radius 1 is 0.773 bits per heavy atom. The van der Waals surface area contributed by atoms with Crippen LogP contribution in [0.15, 0.2) is 0 Å². The molecule has 0 heterocycles. The van der Waals surface area contributed by atoms with Crippen molar-refractivity contribution in [2.24, 2.45) is 5.92 Å². The molecule has 0 saturated carbocycles. The standard InChI is InChI=1S/C16H30O6/c1-4-19-8-6-10-21-15(17)12-14(3)13-16(18)22-11-7-9-20-5-2/h14H,4-13H2,1-3H3. The molecule has 0 aliphatic heterocycles. The molecule has 0 radical (unpaired) electrons. The number of rotatable bonds is 14. The first-order chi connectivity index (χ1) is 10.6. The maximum atomic E-state index is 11.6.